The van der Waals surface area contributed by atoms with E-state index < -0.39 is 11.2 Å². The van der Waals surface area contributed by atoms with Crippen LogP contribution in [0.5, 0.6) is 0 Å². The van der Waals surface area contributed by atoms with E-state index in [0.717, 1.165) is 36.5 Å². The van der Waals surface area contributed by atoms with Crippen LogP contribution in [0.2, 0.25) is 0 Å². The van der Waals surface area contributed by atoms with Crippen LogP contribution in [0.15, 0.2) is 40.3 Å². The van der Waals surface area contributed by atoms with Crippen LogP contribution in [0.4, 0.5) is 0 Å². The third-order valence-electron chi connectivity index (χ3n) is 6.32. The van der Waals surface area contributed by atoms with Gasteiger partial charge in [-0.25, -0.2) is 19.7 Å². The van der Waals surface area contributed by atoms with Crippen LogP contribution in [0.3, 0.4) is 0 Å². The minimum atomic E-state index is -0.463. The Morgan fingerprint density at radius 1 is 1.09 bits per heavy atom. The minimum absolute atomic E-state index is 0.0863. The highest BCUT2D eigenvalue weighted by Crippen LogP contribution is 2.29. The molecule has 10 heteroatoms. The lowest BCUT2D eigenvalue weighted by atomic mass is 10.0. The first kappa shape index (κ1) is 22.3. The fraction of sp³-hybridized carbons (Fsp3) is 0.375. The van der Waals surface area contributed by atoms with E-state index in [2.05, 4.69) is 38.7 Å². The quantitative estimate of drug-likeness (QED) is 0.356. The molecule has 5 heterocycles. The highest BCUT2D eigenvalue weighted by atomic mass is 32.1. The molecule has 0 unspecified atom stereocenters. The summed E-state index contributed by atoms with van der Waals surface area (Å²) >= 11 is 5.59. The van der Waals surface area contributed by atoms with E-state index in [1.807, 2.05) is 19.1 Å². The predicted molar refractivity (Wildman–Crippen MR) is 135 cm³/mol. The molecular formula is C24H25N7O2S. The van der Waals surface area contributed by atoms with Gasteiger partial charge in [-0.05, 0) is 31.9 Å². The predicted octanol–water partition coefficient (Wildman–Crippen LogP) is 3.02. The number of hydrogen-bond donors (Lipinski definition) is 1. The van der Waals surface area contributed by atoms with Gasteiger partial charge < -0.3 is 4.90 Å². The molecule has 4 aromatic heterocycles. The molecule has 1 saturated heterocycles. The number of H-pyrrole nitrogens is 1. The molecule has 1 N–H and O–H groups in total. The molecule has 0 atom stereocenters. The number of nitrogens with zero attached hydrogens (tertiary/aromatic N) is 6. The summed E-state index contributed by atoms with van der Waals surface area (Å²) in [5, 5.41) is 0.344. The molecule has 0 saturated carbocycles. The van der Waals surface area contributed by atoms with Gasteiger partial charge in [0, 0.05) is 49.2 Å². The summed E-state index contributed by atoms with van der Waals surface area (Å²) < 4.78 is 1.69. The van der Waals surface area contributed by atoms with E-state index in [-0.39, 0.29) is 6.04 Å². The van der Waals surface area contributed by atoms with Gasteiger partial charge in [-0.15, -0.1) is 0 Å². The summed E-state index contributed by atoms with van der Waals surface area (Å²) in [5.74, 6) is 0.965. The lowest BCUT2D eigenvalue weighted by Gasteiger charge is -2.36. The van der Waals surface area contributed by atoms with Crippen molar-refractivity contribution in [2.45, 2.75) is 39.7 Å². The van der Waals surface area contributed by atoms with Gasteiger partial charge in [0.15, 0.2) is 0 Å². The number of fused-ring (bicyclic) bond motifs is 3. The van der Waals surface area contributed by atoms with Crippen molar-refractivity contribution in [2.75, 3.05) is 13.1 Å². The second-order valence-corrected chi connectivity index (χ2v) is 9.36. The third-order valence-corrected chi connectivity index (χ3v) is 7.05. The van der Waals surface area contributed by atoms with Crippen molar-refractivity contribution in [1.29, 1.82) is 0 Å². The molecular weight excluding hydrogens is 450 g/mol. The molecule has 0 spiro atoms. The largest absolute Gasteiger partial charge is 0.366 e. The second kappa shape index (κ2) is 8.68. The number of aromatic amines is 1. The average molecular weight is 476 g/mol. The van der Waals surface area contributed by atoms with Crippen molar-refractivity contribution >= 4 is 39.1 Å². The highest BCUT2D eigenvalue weighted by Gasteiger charge is 2.26. The number of pyridine rings is 2. The lowest BCUT2D eigenvalue weighted by Crippen LogP contribution is -2.43. The fourth-order valence-corrected chi connectivity index (χ4v) is 4.72. The topological polar surface area (TPSA) is 110 Å². The smallest absolute Gasteiger partial charge is 0.329 e. The van der Waals surface area contributed by atoms with Gasteiger partial charge in [0.05, 0.1) is 27.1 Å². The van der Waals surface area contributed by atoms with Crippen LogP contribution in [0.1, 0.15) is 38.6 Å². The van der Waals surface area contributed by atoms with Crippen LogP contribution in [-0.4, -0.2) is 52.5 Å². The van der Waals surface area contributed by atoms with Crippen LogP contribution < -0.4 is 11.2 Å². The molecule has 1 aliphatic rings. The Labute approximate surface area is 200 Å². The monoisotopic (exact) mass is 475 g/mol. The number of nitrogens with one attached hydrogen (secondary N) is 1. The Hall–Kier alpha value is -3.53. The van der Waals surface area contributed by atoms with Gasteiger partial charge in [0.1, 0.15) is 11.3 Å². The number of thiocarbonyl (C=S) groups is 1. The van der Waals surface area contributed by atoms with E-state index in [1.165, 1.54) is 6.20 Å². The zero-order valence-electron chi connectivity index (χ0n) is 19.3. The maximum absolute atomic E-state index is 13.1. The summed E-state index contributed by atoms with van der Waals surface area (Å²) in [6.45, 7) is 7.53. The summed E-state index contributed by atoms with van der Waals surface area (Å²) in [6, 6.07) is 3.60. The lowest BCUT2D eigenvalue weighted by molar-refractivity contribution is 0.262. The van der Waals surface area contributed by atoms with Crippen LogP contribution in [0.25, 0.3) is 33.2 Å². The normalized spacial score (nSPS) is 14.9. The zero-order valence-corrected chi connectivity index (χ0v) is 20.1. The van der Waals surface area contributed by atoms with E-state index >= 15 is 0 Å². The molecule has 1 fully saturated rings. The number of piperidine rings is 1. The fourth-order valence-electron chi connectivity index (χ4n) is 4.53. The standard InChI is InChI=1S/C24H25N7O2S/c1-13(2)23(34)30-8-6-16(7-9-30)31-21-17(22(32)29-24(31)33)12-27-19-5-4-18(28-20(19)21)15-10-25-14(3)26-11-15/h4-5,10-13,16H,6-9H2,1-3H3,(H,29,32,33). The number of likely N-dealkylation sites (tertiary alicyclic amines) is 1. The Kier molecular flexibility index (Phi) is 5.68. The SMILES string of the molecule is Cc1ncc(-c2ccc3ncc4c(=O)[nH]c(=O)n(C5CCN(C(=S)C(C)C)CC5)c4c3n2)cn1. The number of aromatic nitrogens is 6. The molecule has 0 amide bonds. The van der Waals surface area contributed by atoms with Crippen molar-refractivity contribution in [3.8, 4) is 11.3 Å². The molecule has 1 aliphatic heterocycles. The highest BCUT2D eigenvalue weighted by molar-refractivity contribution is 7.80. The molecule has 5 rings (SSSR count). The van der Waals surface area contributed by atoms with Gasteiger partial charge in [-0.2, -0.15) is 0 Å². The van der Waals surface area contributed by atoms with Gasteiger partial charge >= 0.3 is 5.69 Å². The molecule has 4 aromatic rings. The van der Waals surface area contributed by atoms with E-state index in [0.29, 0.717) is 39.4 Å². The first-order valence-electron chi connectivity index (χ1n) is 11.4. The van der Waals surface area contributed by atoms with Crippen LogP contribution >= 0.6 is 12.2 Å². The van der Waals surface area contributed by atoms with E-state index in [1.54, 1.807) is 17.0 Å². The van der Waals surface area contributed by atoms with Gasteiger partial charge in [-0.3, -0.25) is 19.3 Å². The van der Waals surface area contributed by atoms with Gasteiger partial charge in [0.2, 0.25) is 0 Å². The Balaban J connectivity index is 1.66. The molecule has 0 bridgehead atoms. The number of rotatable bonds is 3. The summed E-state index contributed by atoms with van der Waals surface area (Å²) in [7, 11) is 0. The second-order valence-electron chi connectivity index (χ2n) is 8.94. The number of hydrogen-bond acceptors (Lipinski definition) is 7. The maximum Gasteiger partial charge on any atom is 0.329 e. The third kappa shape index (κ3) is 3.87. The minimum Gasteiger partial charge on any atom is -0.366 e. The van der Waals surface area contributed by atoms with Crippen LogP contribution in [-0.2, 0) is 0 Å². The summed E-state index contributed by atoms with van der Waals surface area (Å²) in [6.07, 6.45) is 6.42. The van der Waals surface area contributed by atoms with Crippen LogP contribution in [0, 0.1) is 12.8 Å². The molecule has 34 heavy (non-hydrogen) atoms. The first-order valence-corrected chi connectivity index (χ1v) is 11.8. The molecule has 9 nitrogen and oxygen atoms in total. The molecule has 0 aliphatic carbocycles. The van der Waals surface area contributed by atoms with Crippen molar-refractivity contribution in [3.05, 3.63) is 57.4 Å². The summed E-state index contributed by atoms with van der Waals surface area (Å²) in [4.78, 5) is 49.2. The maximum atomic E-state index is 13.1. The van der Waals surface area contributed by atoms with Crippen molar-refractivity contribution in [3.63, 3.8) is 0 Å². The Morgan fingerprint density at radius 3 is 2.47 bits per heavy atom. The Morgan fingerprint density at radius 2 is 1.79 bits per heavy atom. The van der Waals surface area contributed by atoms with E-state index in [9.17, 15) is 9.59 Å². The van der Waals surface area contributed by atoms with Crippen molar-refractivity contribution in [2.24, 2.45) is 5.92 Å². The molecule has 0 radical (unpaired) electrons. The van der Waals surface area contributed by atoms with Gasteiger partial charge in [0.25, 0.3) is 5.56 Å². The van der Waals surface area contributed by atoms with Crippen molar-refractivity contribution < 1.29 is 0 Å². The van der Waals surface area contributed by atoms with E-state index in [4.69, 9.17) is 17.2 Å². The van der Waals surface area contributed by atoms with Gasteiger partial charge in [-0.1, -0.05) is 26.1 Å². The Bertz CT molecular complexity index is 1520. The molecule has 0 aromatic carbocycles. The summed E-state index contributed by atoms with van der Waals surface area (Å²) in [5.41, 5.74) is 2.14. The zero-order chi connectivity index (χ0) is 24.0. The molecule has 174 valence electrons. The first-order chi connectivity index (χ1) is 16.3. The van der Waals surface area contributed by atoms with Crippen molar-refractivity contribution in [1.82, 2.24) is 34.4 Å². The average Bonchev–Trinajstić information content (AvgIpc) is 2.84. The number of aryl methyl sites for hydroxylation is 1.